The van der Waals surface area contributed by atoms with E-state index >= 15 is 0 Å². The van der Waals surface area contributed by atoms with Gasteiger partial charge in [-0.15, -0.1) is 11.8 Å². The smallest absolute Gasteiger partial charge is 0.356 e. The third kappa shape index (κ3) is 4.29. The van der Waals surface area contributed by atoms with Gasteiger partial charge in [0.25, 0.3) is 0 Å². The van der Waals surface area contributed by atoms with Gasteiger partial charge in [0.05, 0.1) is 12.4 Å². The molecule has 0 aliphatic heterocycles. The largest absolute Gasteiger partial charge is 0.476 e. The number of hydrogen-bond acceptors (Lipinski definition) is 4. The zero-order valence-corrected chi connectivity index (χ0v) is 9.62. The van der Waals surface area contributed by atoms with Crippen molar-refractivity contribution in [2.24, 2.45) is 5.92 Å². The monoisotopic (exact) mass is 226 g/mol. The molecule has 0 amide bonds. The SMILES string of the molecule is CC(C)CCSc1cncc(C(=O)O)n1. The van der Waals surface area contributed by atoms with Crippen LogP contribution in [0.3, 0.4) is 0 Å². The van der Waals surface area contributed by atoms with E-state index in [1.54, 1.807) is 18.0 Å². The maximum atomic E-state index is 10.6. The lowest BCUT2D eigenvalue weighted by Crippen LogP contribution is -2.02. The lowest BCUT2D eigenvalue weighted by molar-refractivity contribution is 0.0689. The predicted octanol–water partition coefficient (Wildman–Crippen LogP) is 2.31. The number of thioether (sulfide) groups is 1. The molecule has 0 atom stereocenters. The summed E-state index contributed by atoms with van der Waals surface area (Å²) >= 11 is 1.54. The van der Waals surface area contributed by atoms with Gasteiger partial charge in [-0.1, -0.05) is 13.8 Å². The maximum Gasteiger partial charge on any atom is 0.356 e. The van der Waals surface area contributed by atoms with E-state index in [1.807, 2.05) is 0 Å². The number of hydrogen-bond donors (Lipinski definition) is 1. The van der Waals surface area contributed by atoms with Crippen molar-refractivity contribution in [1.29, 1.82) is 0 Å². The van der Waals surface area contributed by atoms with E-state index in [1.165, 1.54) is 6.20 Å². The molecule has 15 heavy (non-hydrogen) atoms. The summed E-state index contributed by atoms with van der Waals surface area (Å²) in [5.74, 6) is 0.553. The molecule has 0 aliphatic carbocycles. The van der Waals surface area contributed by atoms with Crippen LogP contribution < -0.4 is 0 Å². The summed E-state index contributed by atoms with van der Waals surface area (Å²) in [7, 11) is 0. The van der Waals surface area contributed by atoms with Crippen LogP contribution >= 0.6 is 11.8 Å². The normalized spacial score (nSPS) is 10.6. The first kappa shape index (κ1) is 12.0. The first-order valence-electron chi connectivity index (χ1n) is 4.77. The summed E-state index contributed by atoms with van der Waals surface area (Å²) in [4.78, 5) is 18.4. The number of rotatable bonds is 5. The minimum atomic E-state index is -1.03. The van der Waals surface area contributed by atoms with Crippen LogP contribution in [0.2, 0.25) is 0 Å². The first-order chi connectivity index (χ1) is 7.09. The highest BCUT2D eigenvalue weighted by Crippen LogP contribution is 2.17. The second-order valence-electron chi connectivity index (χ2n) is 3.58. The topological polar surface area (TPSA) is 63.1 Å². The highest BCUT2D eigenvalue weighted by Gasteiger charge is 2.06. The fourth-order valence-electron chi connectivity index (χ4n) is 0.920. The third-order valence-corrected chi connectivity index (χ3v) is 2.71. The number of carboxylic acid groups (broad SMARTS) is 1. The number of aromatic nitrogens is 2. The zero-order valence-electron chi connectivity index (χ0n) is 8.80. The molecule has 0 unspecified atom stereocenters. The Morgan fingerprint density at radius 3 is 2.87 bits per heavy atom. The summed E-state index contributed by atoms with van der Waals surface area (Å²) < 4.78 is 0. The van der Waals surface area contributed by atoms with Gasteiger partial charge in [-0.3, -0.25) is 4.98 Å². The Morgan fingerprint density at radius 1 is 1.53 bits per heavy atom. The van der Waals surface area contributed by atoms with E-state index < -0.39 is 5.97 Å². The van der Waals surface area contributed by atoms with Gasteiger partial charge >= 0.3 is 5.97 Å². The summed E-state index contributed by atoms with van der Waals surface area (Å²) in [5, 5.41) is 9.39. The molecule has 1 heterocycles. The molecular formula is C10H14N2O2S. The molecule has 5 heteroatoms. The average molecular weight is 226 g/mol. The fraction of sp³-hybridized carbons (Fsp3) is 0.500. The van der Waals surface area contributed by atoms with Crippen LogP contribution in [0.15, 0.2) is 17.4 Å². The Balaban J connectivity index is 2.54. The molecule has 0 bridgehead atoms. The van der Waals surface area contributed by atoms with E-state index in [4.69, 9.17) is 5.11 Å². The molecule has 1 aromatic heterocycles. The molecule has 0 radical (unpaired) electrons. The maximum absolute atomic E-state index is 10.6. The molecule has 1 aromatic rings. The summed E-state index contributed by atoms with van der Waals surface area (Å²) in [6.45, 7) is 4.31. The molecular weight excluding hydrogens is 212 g/mol. The summed E-state index contributed by atoms with van der Waals surface area (Å²) in [6.07, 6.45) is 3.94. The van der Waals surface area contributed by atoms with Crippen molar-refractivity contribution in [3.8, 4) is 0 Å². The molecule has 0 saturated heterocycles. The quantitative estimate of drug-likeness (QED) is 0.780. The van der Waals surface area contributed by atoms with Crippen LogP contribution in [0.25, 0.3) is 0 Å². The van der Waals surface area contributed by atoms with Gasteiger partial charge in [-0.25, -0.2) is 9.78 Å². The Hall–Kier alpha value is -1.10. The fourth-order valence-corrected chi connectivity index (χ4v) is 2.02. The third-order valence-electron chi connectivity index (χ3n) is 1.78. The predicted molar refractivity (Wildman–Crippen MR) is 59.2 cm³/mol. The molecule has 4 nitrogen and oxygen atoms in total. The standard InChI is InChI=1S/C10H14N2O2S/c1-7(2)3-4-15-9-6-11-5-8(12-9)10(13)14/h5-7H,3-4H2,1-2H3,(H,13,14). The Bertz CT molecular complexity index is 342. The van der Waals surface area contributed by atoms with Crippen molar-refractivity contribution in [1.82, 2.24) is 9.97 Å². The van der Waals surface area contributed by atoms with Crippen molar-refractivity contribution in [3.05, 3.63) is 18.1 Å². The van der Waals surface area contributed by atoms with Crippen molar-refractivity contribution in [2.75, 3.05) is 5.75 Å². The molecule has 0 fully saturated rings. The van der Waals surface area contributed by atoms with Gasteiger partial charge in [0.15, 0.2) is 5.69 Å². The summed E-state index contributed by atoms with van der Waals surface area (Å²) in [5.41, 5.74) is 0.00421. The minimum absolute atomic E-state index is 0.00421. The van der Waals surface area contributed by atoms with E-state index in [2.05, 4.69) is 23.8 Å². The van der Waals surface area contributed by atoms with Crippen LogP contribution in [0.1, 0.15) is 30.8 Å². The van der Waals surface area contributed by atoms with Crippen LogP contribution in [0.4, 0.5) is 0 Å². The Labute approximate surface area is 93.1 Å². The highest BCUT2D eigenvalue weighted by atomic mass is 32.2. The molecule has 0 aliphatic rings. The van der Waals surface area contributed by atoms with Crippen LogP contribution in [0.5, 0.6) is 0 Å². The number of aromatic carboxylic acids is 1. The number of carbonyl (C=O) groups is 1. The summed E-state index contributed by atoms with van der Waals surface area (Å²) in [6, 6.07) is 0. The highest BCUT2D eigenvalue weighted by molar-refractivity contribution is 7.99. The lowest BCUT2D eigenvalue weighted by Gasteiger charge is -2.03. The van der Waals surface area contributed by atoms with Gasteiger partial charge in [-0.2, -0.15) is 0 Å². The molecule has 82 valence electrons. The zero-order chi connectivity index (χ0) is 11.3. The molecule has 1 rings (SSSR count). The number of nitrogens with zero attached hydrogens (tertiary/aromatic N) is 2. The van der Waals surface area contributed by atoms with E-state index in [0.29, 0.717) is 10.9 Å². The minimum Gasteiger partial charge on any atom is -0.476 e. The molecule has 0 spiro atoms. The van der Waals surface area contributed by atoms with E-state index in [9.17, 15) is 4.79 Å². The van der Waals surface area contributed by atoms with Gasteiger partial charge in [-0.05, 0) is 18.1 Å². The Kier molecular flexibility index (Phi) is 4.55. The average Bonchev–Trinajstić information content (AvgIpc) is 2.17. The first-order valence-corrected chi connectivity index (χ1v) is 5.76. The van der Waals surface area contributed by atoms with Crippen molar-refractivity contribution in [3.63, 3.8) is 0 Å². The molecule has 1 N–H and O–H groups in total. The Morgan fingerprint density at radius 2 is 2.27 bits per heavy atom. The van der Waals surface area contributed by atoms with Crippen LogP contribution in [-0.2, 0) is 0 Å². The van der Waals surface area contributed by atoms with E-state index in [-0.39, 0.29) is 5.69 Å². The van der Waals surface area contributed by atoms with Crippen LogP contribution in [-0.4, -0.2) is 26.8 Å². The second-order valence-corrected chi connectivity index (χ2v) is 4.69. The van der Waals surface area contributed by atoms with E-state index in [0.717, 1.165) is 12.2 Å². The van der Waals surface area contributed by atoms with Gasteiger partial charge in [0.2, 0.25) is 0 Å². The van der Waals surface area contributed by atoms with Gasteiger partial charge < -0.3 is 5.11 Å². The van der Waals surface area contributed by atoms with Crippen molar-refractivity contribution < 1.29 is 9.90 Å². The molecule has 0 aromatic carbocycles. The molecule has 0 saturated carbocycles. The van der Waals surface area contributed by atoms with Gasteiger partial charge in [0.1, 0.15) is 5.03 Å². The van der Waals surface area contributed by atoms with Gasteiger partial charge in [0, 0.05) is 0 Å². The second kappa shape index (κ2) is 5.70. The van der Waals surface area contributed by atoms with Crippen molar-refractivity contribution >= 4 is 17.7 Å². The van der Waals surface area contributed by atoms with Crippen LogP contribution in [0, 0.1) is 5.92 Å². The van der Waals surface area contributed by atoms with Crippen molar-refractivity contribution in [2.45, 2.75) is 25.3 Å². The number of carboxylic acids is 1. The lowest BCUT2D eigenvalue weighted by atomic mass is 10.2.